The monoisotopic (exact) mass is 229 g/mol. The lowest BCUT2D eigenvalue weighted by molar-refractivity contribution is 0.0677. The first kappa shape index (κ1) is 10.9. The third kappa shape index (κ3) is 2.50. The molecule has 2 atom stereocenters. The average Bonchev–Trinajstić information content (AvgIpc) is 2.78. The summed E-state index contributed by atoms with van der Waals surface area (Å²) in [7, 11) is 0. The normalized spacial score (nSPS) is 24.0. The van der Waals surface area contributed by atoms with Crippen molar-refractivity contribution in [1.82, 2.24) is 10.1 Å². The quantitative estimate of drug-likeness (QED) is 0.831. The van der Waals surface area contributed by atoms with Crippen LogP contribution in [0.5, 0.6) is 0 Å². The summed E-state index contributed by atoms with van der Waals surface area (Å²) in [5.74, 6) is 3.31. The van der Waals surface area contributed by atoms with Gasteiger partial charge in [0.15, 0.2) is 0 Å². The minimum absolute atomic E-state index is 0.0220. The van der Waals surface area contributed by atoms with Crippen molar-refractivity contribution >= 4 is 11.8 Å². The van der Waals surface area contributed by atoms with Crippen LogP contribution in [-0.2, 0) is 4.74 Å². The lowest BCUT2D eigenvalue weighted by Gasteiger charge is -2.18. The highest BCUT2D eigenvalue weighted by molar-refractivity contribution is 7.99. The molecular formula is C9H15N3O2S. The third-order valence-electron chi connectivity index (χ3n) is 2.34. The minimum atomic E-state index is -0.0220. The van der Waals surface area contributed by atoms with Crippen LogP contribution in [-0.4, -0.2) is 34.8 Å². The topological polar surface area (TPSA) is 74.2 Å². The predicted octanol–water partition coefficient (Wildman–Crippen LogP) is 0.936. The van der Waals surface area contributed by atoms with Crippen molar-refractivity contribution in [2.75, 3.05) is 24.7 Å². The number of nitrogens with two attached hydrogens (primary N) is 1. The van der Waals surface area contributed by atoms with Gasteiger partial charge in [-0.2, -0.15) is 16.7 Å². The highest BCUT2D eigenvalue weighted by Crippen LogP contribution is 2.25. The molecule has 0 aliphatic carbocycles. The van der Waals surface area contributed by atoms with Crippen LogP contribution in [0.2, 0.25) is 0 Å². The highest BCUT2D eigenvalue weighted by atomic mass is 32.2. The molecule has 0 radical (unpaired) electrons. The zero-order valence-corrected chi connectivity index (χ0v) is 9.50. The van der Waals surface area contributed by atoms with Crippen LogP contribution in [0, 0.1) is 0 Å². The summed E-state index contributed by atoms with van der Waals surface area (Å²) >= 11 is 1.85. The number of rotatable bonds is 3. The molecule has 15 heavy (non-hydrogen) atoms. The Morgan fingerprint density at radius 3 is 3.20 bits per heavy atom. The van der Waals surface area contributed by atoms with Gasteiger partial charge in [0.05, 0.1) is 6.61 Å². The predicted molar refractivity (Wildman–Crippen MR) is 57.8 cm³/mol. The van der Waals surface area contributed by atoms with E-state index in [0.29, 0.717) is 18.3 Å². The van der Waals surface area contributed by atoms with E-state index >= 15 is 0 Å². The molecule has 2 unspecified atom stereocenters. The maximum absolute atomic E-state index is 5.55. The first-order valence-electron chi connectivity index (χ1n) is 5.04. The average molecular weight is 229 g/mol. The van der Waals surface area contributed by atoms with E-state index < -0.39 is 0 Å². The molecule has 2 rings (SSSR count). The fraction of sp³-hybridized carbons (Fsp3) is 0.778. The molecule has 1 aliphatic heterocycles. The van der Waals surface area contributed by atoms with Crippen LogP contribution in [0.1, 0.15) is 30.7 Å². The van der Waals surface area contributed by atoms with Crippen molar-refractivity contribution in [1.29, 1.82) is 0 Å². The van der Waals surface area contributed by atoms with E-state index in [1.807, 2.05) is 18.7 Å². The van der Waals surface area contributed by atoms with E-state index in [1.54, 1.807) is 0 Å². The van der Waals surface area contributed by atoms with Gasteiger partial charge in [0.1, 0.15) is 6.10 Å². The largest absolute Gasteiger partial charge is 0.368 e. The standard InChI is InChI=1S/C9H15N3O2S/c1-6(4-10)9-11-8(12-14-9)7-5-15-3-2-13-7/h6-7H,2-5,10H2,1H3. The lowest BCUT2D eigenvalue weighted by atomic mass is 10.2. The van der Waals surface area contributed by atoms with E-state index in [1.165, 1.54) is 0 Å². The van der Waals surface area contributed by atoms with Crippen molar-refractivity contribution in [3.8, 4) is 0 Å². The van der Waals surface area contributed by atoms with Gasteiger partial charge >= 0.3 is 0 Å². The van der Waals surface area contributed by atoms with Gasteiger partial charge in [0.2, 0.25) is 11.7 Å². The SMILES string of the molecule is CC(CN)c1nc(C2CSCCO2)no1. The fourth-order valence-electron chi connectivity index (χ4n) is 1.32. The van der Waals surface area contributed by atoms with Gasteiger partial charge in [0, 0.05) is 24.0 Å². The van der Waals surface area contributed by atoms with Gasteiger partial charge in [0.25, 0.3) is 0 Å². The van der Waals surface area contributed by atoms with E-state index in [-0.39, 0.29) is 12.0 Å². The first-order chi connectivity index (χ1) is 7.31. The molecule has 0 amide bonds. The second kappa shape index (κ2) is 4.96. The Bertz CT molecular complexity index is 312. The van der Waals surface area contributed by atoms with Gasteiger partial charge in [-0.3, -0.25) is 0 Å². The van der Waals surface area contributed by atoms with E-state index in [2.05, 4.69) is 10.1 Å². The van der Waals surface area contributed by atoms with E-state index in [0.717, 1.165) is 18.1 Å². The Labute approximate surface area is 92.7 Å². The summed E-state index contributed by atoms with van der Waals surface area (Å²) in [6.07, 6.45) is -0.0220. The number of aromatic nitrogens is 2. The number of hydrogen-bond acceptors (Lipinski definition) is 6. The number of nitrogens with zero attached hydrogens (tertiary/aromatic N) is 2. The van der Waals surface area contributed by atoms with Gasteiger partial charge in [-0.1, -0.05) is 12.1 Å². The first-order valence-corrected chi connectivity index (χ1v) is 6.19. The number of thioether (sulfide) groups is 1. The smallest absolute Gasteiger partial charge is 0.230 e. The Balaban J connectivity index is 2.05. The fourth-order valence-corrected chi connectivity index (χ4v) is 2.16. The zero-order chi connectivity index (χ0) is 10.7. The van der Waals surface area contributed by atoms with Gasteiger partial charge < -0.3 is 15.0 Å². The molecule has 1 fully saturated rings. The van der Waals surface area contributed by atoms with Gasteiger partial charge in [-0.25, -0.2) is 0 Å². The molecule has 84 valence electrons. The number of hydrogen-bond donors (Lipinski definition) is 1. The van der Waals surface area contributed by atoms with Gasteiger partial charge in [-0.05, 0) is 0 Å². The van der Waals surface area contributed by atoms with Crippen LogP contribution in [0.15, 0.2) is 4.52 Å². The molecule has 0 saturated carbocycles. The molecule has 5 nitrogen and oxygen atoms in total. The lowest BCUT2D eigenvalue weighted by Crippen LogP contribution is -2.17. The molecule has 6 heteroatoms. The Hall–Kier alpha value is -0.590. The van der Waals surface area contributed by atoms with E-state index in [9.17, 15) is 0 Å². The molecule has 1 aromatic rings. The Kier molecular flexibility index (Phi) is 3.61. The Morgan fingerprint density at radius 1 is 1.67 bits per heavy atom. The summed E-state index contributed by atoms with van der Waals surface area (Å²) < 4.78 is 10.7. The molecule has 2 N–H and O–H groups in total. The second-order valence-electron chi connectivity index (χ2n) is 3.56. The molecule has 0 spiro atoms. The zero-order valence-electron chi connectivity index (χ0n) is 8.68. The summed E-state index contributed by atoms with van der Waals surface area (Å²) in [4.78, 5) is 4.31. The summed E-state index contributed by atoms with van der Waals surface area (Å²) in [6, 6.07) is 0. The van der Waals surface area contributed by atoms with Crippen LogP contribution < -0.4 is 5.73 Å². The molecule has 0 bridgehead atoms. The minimum Gasteiger partial charge on any atom is -0.368 e. The number of ether oxygens (including phenoxy) is 1. The van der Waals surface area contributed by atoms with Crippen LogP contribution in [0.25, 0.3) is 0 Å². The summed E-state index contributed by atoms with van der Waals surface area (Å²) in [5.41, 5.74) is 5.53. The van der Waals surface area contributed by atoms with Crippen LogP contribution in [0.4, 0.5) is 0 Å². The van der Waals surface area contributed by atoms with Gasteiger partial charge in [-0.15, -0.1) is 0 Å². The highest BCUT2D eigenvalue weighted by Gasteiger charge is 2.23. The van der Waals surface area contributed by atoms with E-state index in [4.69, 9.17) is 15.0 Å². The molecule has 1 aromatic heterocycles. The van der Waals surface area contributed by atoms with Crippen LogP contribution >= 0.6 is 11.8 Å². The van der Waals surface area contributed by atoms with Crippen LogP contribution in [0.3, 0.4) is 0 Å². The molecule has 1 saturated heterocycles. The third-order valence-corrected chi connectivity index (χ3v) is 3.33. The molecule has 2 heterocycles. The van der Waals surface area contributed by atoms with Crippen molar-refractivity contribution in [3.05, 3.63) is 11.7 Å². The van der Waals surface area contributed by atoms with Crippen molar-refractivity contribution < 1.29 is 9.26 Å². The maximum atomic E-state index is 5.55. The van der Waals surface area contributed by atoms with Crippen molar-refractivity contribution in [2.24, 2.45) is 5.73 Å². The van der Waals surface area contributed by atoms with Crippen molar-refractivity contribution in [3.63, 3.8) is 0 Å². The molecule has 1 aliphatic rings. The molecular weight excluding hydrogens is 214 g/mol. The van der Waals surface area contributed by atoms with Crippen molar-refractivity contribution in [2.45, 2.75) is 18.9 Å². The molecule has 0 aromatic carbocycles. The maximum Gasteiger partial charge on any atom is 0.230 e. The second-order valence-corrected chi connectivity index (χ2v) is 4.71. The summed E-state index contributed by atoms with van der Waals surface area (Å²) in [6.45, 7) is 3.24. The summed E-state index contributed by atoms with van der Waals surface area (Å²) in [5, 5.41) is 3.93. The Morgan fingerprint density at radius 2 is 2.53 bits per heavy atom.